The molecule has 1 aromatic carbocycles. The summed E-state index contributed by atoms with van der Waals surface area (Å²) in [6, 6.07) is 9.19. The Morgan fingerprint density at radius 1 is 1.21 bits per heavy atom. The molecule has 1 aliphatic rings. The highest BCUT2D eigenvalue weighted by atomic mass is 32.2. The fourth-order valence-corrected chi connectivity index (χ4v) is 5.27. The van der Waals surface area contributed by atoms with Gasteiger partial charge in [0, 0.05) is 6.54 Å². The van der Waals surface area contributed by atoms with Crippen molar-refractivity contribution < 1.29 is 17.7 Å². The molecule has 1 aliphatic heterocycles. The minimum absolute atomic E-state index is 0.0172. The number of hydrogen-bond donors (Lipinski definition) is 2. The summed E-state index contributed by atoms with van der Waals surface area (Å²) in [4.78, 5) is 15.0. The van der Waals surface area contributed by atoms with E-state index in [0.717, 1.165) is 31.5 Å². The van der Waals surface area contributed by atoms with Gasteiger partial charge < -0.3 is 9.84 Å². The molecular weight excluding hydrogens is 392 g/mol. The van der Waals surface area contributed by atoms with Crippen molar-refractivity contribution in [1.82, 2.24) is 20.1 Å². The van der Waals surface area contributed by atoms with Gasteiger partial charge in [-0.3, -0.25) is 9.69 Å². The van der Waals surface area contributed by atoms with Gasteiger partial charge in [0.25, 0.3) is 0 Å². The quantitative estimate of drug-likeness (QED) is 0.676. The third-order valence-electron chi connectivity index (χ3n) is 5.20. The molecule has 2 aromatic rings. The topological polar surface area (TPSA) is 105 Å². The lowest BCUT2D eigenvalue weighted by molar-refractivity contribution is -0.122. The Bertz CT molecular complexity index is 917. The van der Waals surface area contributed by atoms with Crippen molar-refractivity contribution in [2.75, 3.05) is 19.6 Å². The number of likely N-dealkylation sites (tertiary alicyclic amines) is 1. The Labute approximate surface area is 171 Å². The number of benzene rings is 1. The standard InChI is InChI=1S/C20H28N4O4S/c1-14-19(16(3)28-22-14)29(26,27)23-15(2)20(25)21-13-18(24-11-7-8-12-24)17-9-5-4-6-10-17/h4-6,9-10,15,18,23H,7-8,11-13H2,1-3H3,(H,21,25)/t15-,18?/m0/s1. The lowest BCUT2D eigenvalue weighted by Crippen LogP contribution is -2.47. The van der Waals surface area contributed by atoms with Gasteiger partial charge in [-0.2, -0.15) is 4.72 Å². The molecule has 2 N–H and O–H groups in total. The van der Waals surface area contributed by atoms with Crippen LogP contribution < -0.4 is 10.0 Å². The largest absolute Gasteiger partial charge is 0.360 e. The normalized spacial score (nSPS) is 17.2. The van der Waals surface area contributed by atoms with Gasteiger partial charge in [-0.25, -0.2) is 8.42 Å². The van der Waals surface area contributed by atoms with E-state index in [1.165, 1.54) is 13.8 Å². The summed E-state index contributed by atoms with van der Waals surface area (Å²) in [5.74, 6) is -0.179. The first kappa shape index (κ1) is 21.5. The number of aryl methyl sites for hydroxylation is 2. The van der Waals surface area contributed by atoms with Gasteiger partial charge >= 0.3 is 0 Å². The van der Waals surface area contributed by atoms with Gasteiger partial charge in [-0.15, -0.1) is 0 Å². The van der Waals surface area contributed by atoms with Crippen molar-refractivity contribution in [1.29, 1.82) is 0 Å². The second kappa shape index (κ2) is 9.06. The zero-order valence-electron chi connectivity index (χ0n) is 17.0. The summed E-state index contributed by atoms with van der Waals surface area (Å²) >= 11 is 0. The summed E-state index contributed by atoms with van der Waals surface area (Å²) in [5, 5.41) is 6.58. The van der Waals surface area contributed by atoms with Crippen LogP contribution in [0, 0.1) is 13.8 Å². The van der Waals surface area contributed by atoms with E-state index in [4.69, 9.17) is 4.52 Å². The highest BCUT2D eigenvalue weighted by Crippen LogP contribution is 2.24. The van der Waals surface area contributed by atoms with Crippen LogP contribution in [0.25, 0.3) is 0 Å². The maximum atomic E-state index is 12.6. The number of carbonyl (C=O) groups is 1. The van der Waals surface area contributed by atoms with E-state index < -0.39 is 16.1 Å². The summed E-state index contributed by atoms with van der Waals surface area (Å²) < 4.78 is 32.6. The number of nitrogens with one attached hydrogen (secondary N) is 2. The number of sulfonamides is 1. The summed E-state index contributed by atoms with van der Waals surface area (Å²) in [5.41, 5.74) is 1.40. The van der Waals surface area contributed by atoms with Gasteiger partial charge in [0.15, 0.2) is 5.76 Å². The van der Waals surface area contributed by atoms with Crippen LogP contribution in [0.2, 0.25) is 0 Å². The minimum Gasteiger partial charge on any atom is -0.360 e. The molecule has 9 heteroatoms. The number of aromatic nitrogens is 1. The lowest BCUT2D eigenvalue weighted by atomic mass is 10.1. The average molecular weight is 421 g/mol. The molecule has 0 bridgehead atoms. The van der Waals surface area contributed by atoms with E-state index in [-0.39, 0.29) is 28.3 Å². The van der Waals surface area contributed by atoms with Gasteiger partial charge in [0.05, 0.1) is 12.1 Å². The molecule has 3 rings (SSSR count). The van der Waals surface area contributed by atoms with Gasteiger partial charge in [-0.1, -0.05) is 35.5 Å². The first-order valence-electron chi connectivity index (χ1n) is 9.81. The van der Waals surface area contributed by atoms with E-state index in [9.17, 15) is 13.2 Å². The first-order chi connectivity index (χ1) is 13.8. The molecule has 8 nitrogen and oxygen atoms in total. The molecule has 2 atom stereocenters. The molecule has 0 spiro atoms. The molecule has 1 amide bonds. The fourth-order valence-electron chi connectivity index (χ4n) is 3.74. The predicted octanol–water partition coefficient (Wildman–Crippen LogP) is 1.91. The number of rotatable bonds is 8. The van der Waals surface area contributed by atoms with Crippen molar-refractivity contribution in [2.45, 2.75) is 50.6 Å². The van der Waals surface area contributed by atoms with E-state index in [0.29, 0.717) is 6.54 Å². The summed E-state index contributed by atoms with van der Waals surface area (Å²) in [7, 11) is -3.91. The van der Waals surface area contributed by atoms with Crippen molar-refractivity contribution in [2.24, 2.45) is 0 Å². The molecule has 1 unspecified atom stereocenters. The lowest BCUT2D eigenvalue weighted by Gasteiger charge is -2.28. The molecule has 0 radical (unpaired) electrons. The van der Waals surface area contributed by atoms with Gasteiger partial charge in [0.2, 0.25) is 15.9 Å². The van der Waals surface area contributed by atoms with Crippen LogP contribution in [0.4, 0.5) is 0 Å². The monoisotopic (exact) mass is 420 g/mol. The highest BCUT2D eigenvalue weighted by molar-refractivity contribution is 7.89. The second-order valence-electron chi connectivity index (χ2n) is 7.41. The van der Waals surface area contributed by atoms with E-state index in [2.05, 4.69) is 32.2 Å². The van der Waals surface area contributed by atoms with Crippen LogP contribution in [0.5, 0.6) is 0 Å². The van der Waals surface area contributed by atoms with Crippen LogP contribution in [0.3, 0.4) is 0 Å². The van der Waals surface area contributed by atoms with Crippen molar-refractivity contribution in [3.8, 4) is 0 Å². The summed E-state index contributed by atoms with van der Waals surface area (Å²) in [6.45, 7) is 7.00. The SMILES string of the molecule is Cc1noc(C)c1S(=O)(=O)N[C@@H](C)C(=O)NCC(c1ccccc1)N1CCCC1. The van der Waals surface area contributed by atoms with Gasteiger partial charge in [0.1, 0.15) is 10.6 Å². The third kappa shape index (κ3) is 5.04. The summed E-state index contributed by atoms with van der Waals surface area (Å²) in [6.07, 6.45) is 2.29. The van der Waals surface area contributed by atoms with E-state index in [1.807, 2.05) is 18.2 Å². The predicted molar refractivity (Wildman–Crippen MR) is 109 cm³/mol. The zero-order valence-corrected chi connectivity index (χ0v) is 17.8. The third-order valence-corrected chi connectivity index (χ3v) is 6.98. The first-order valence-corrected chi connectivity index (χ1v) is 11.3. The Balaban J connectivity index is 1.65. The van der Waals surface area contributed by atoms with E-state index >= 15 is 0 Å². The van der Waals surface area contributed by atoms with Crippen LogP contribution in [-0.2, 0) is 14.8 Å². The molecular formula is C20H28N4O4S. The molecule has 2 heterocycles. The van der Waals surface area contributed by atoms with Crippen molar-refractivity contribution >= 4 is 15.9 Å². The average Bonchev–Trinajstić information content (AvgIpc) is 3.32. The Hall–Kier alpha value is -2.23. The molecule has 0 saturated carbocycles. The Kier molecular flexibility index (Phi) is 6.71. The van der Waals surface area contributed by atoms with Gasteiger partial charge in [-0.05, 0) is 52.3 Å². The van der Waals surface area contributed by atoms with Crippen LogP contribution >= 0.6 is 0 Å². The molecule has 1 saturated heterocycles. The molecule has 158 valence electrons. The van der Waals surface area contributed by atoms with Crippen LogP contribution in [-0.4, -0.2) is 50.1 Å². The Morgan fingerprint density at radius 2 is 1.86 bits per heavy atom. The number of hydrogen-bond acceptors (Lipinski definition) is 6. The second-order valence-corrected chi connectivity index (χ2v) is 9.06. The molecule has 0 aliphatic carbocycles. The van der Waals surface area contributed by atoms with Crippen LogP contribution in [0.15, 0.2) is 39.8 Å². The molecule has 1 fully saturated rings. The Morgan fingerprint density at radius 3 is 2.45 bits per heavy atom. The number of nitrogens with zero attached hydrogens (tertiary/aromatic N) is 2. The maximum absolute atomic E-state index is 12.6. The van der Waals surface area contributed by atoms with Crippen molar-refractivity contribution in [3.63, 3.8) is 0 Å². The molecule has 1 aromatic heterocycles. The van der Waals surface area contributed by atoms with E-state index in [1.54, 1.807) is 6.92 Å². The number of amides is 1. The smallest absolute Gasteiger partial charge is 0.246 e. The zero-order chi connectivity index (χ0) is 21.0. The maximum Gasteiger partial charge on any atom is 0.246 e. The van der Waals surface area contributed by atoms with Crippen molar-refractivity contribution in [3.05, 3.63) is 47.3 Å². The number of carbonyl (C=O) groups excluding carboxylic acids is 1. The fraction of sp³-hybridized carbons (Fsp3) is 0.500. The van der Waals surface area contributed by atoms with Crippen LogP contribution in [0.1, 0.15) is 42.8 Å². The minimum atomic E-state index is -3.91. The molecule has 29 heavy (non-hydrogen) atoms. The highest BCUT2D eigenvalue weighted by Gasteiger charge is 2.29.